The normalized spacial score (nSPS) is 10.3. The highest BCUT2D eigenvalue weighted by atomic mass is 19.1. The molecule has 5 nitrogen and oxygen atoms in total. The molecule has 0 saturated heterocycles. The van der Waals surface area contributed by atoms with Gasteiger partial charge < -0.3 is 14.2 Å². The van der Waals surface area contributed by atoms with Crippen LogP contribution in [0.2, 0.25) is 0 Å². The van der Waals surface area contributed by atoms with Crippen LogP contribution in [-0.2, 0) is 14.3 Å². The van der Waals surface area contributed by atoms with E-state index in [-0.39, 0.29) is 11.3 Å². The maximum absolute atomic E-state index is 14.3. The van der Waals surface area contributed by atoms with Gasteiger partial charge in [-0.05, 0) is 36.8 Å². The number of hydrogen-bond donors (Lipinski definition) is 0. The SMILES string of the molecule is C=CC(=O)Oc1ccc(-c2ccc(O/C=C\OC(=O)C(=C)C)cc2F)cc1. The quantitative estimate of drug-likeness (QED) is 0.310. The van der Waals surface area contributed by atoms with E-state index in [4.69, 9.17) is 14.2 Å². The van der Waals surface area contributed by atoms with Crippen LogP contribution in [0.1, 0.15) is 6.92 Å². The zero-order chi connectivity index (χ0) is 19.8. The van der Waals surface area contributed by atoms with Gasteiger partial charge in [0.05, 0.1) is 0 Å². The first-order valence-corrected chi connectivity index (χ1v) is 7.83. The molecule has 0 aliphatic heterocycles. The van der Waals surface area contributed by atoms with E-state index in [1.165, 1.54) is 13.0 Å². The molecule has 0 atom stereocenters. The van der Waals surface area contributed by atoms with E-state index in [0.29, 0.717) is 16.9 Å². The number of carbonyl (C=O) groups is 2. The molecule has 0 bridgehead atoms. The lowest BCUT2D eigenvalue weighted by Crippen LogP contribution is -2.02. The van der Waals surface area contributed by atoms with E-state index >= 15 is 0 Å². The number of halogens is 1. The van der Waals surface area contributed by atoms with E-state index in [2.05, 4.69) is 13.2 Å². The number of ether oxygens (including phenoxy) is 3. The molecule has 0 aliphatic rings. The lowest BCUT2D eigenvalue weighted by atomic mass is 10.0. The second-order valence-electron chi connectivity index (χ2n) is 5.37. The lowest BCUT2D eigenvalue weighted by Gasteiger charge is -2.07. The van der Waals surface area contributed by atoms with Gasteiger partial charge >= 0.3 is 11.9 Å². The molecule has 6 heteroatoms. The molecule has 27 heavy (non-hydrogen) atoms. The number of rotatable bonds is 7. The summed E-state index contributed by atoms with van der Waals surface area (Å²) in [4.78, 5) is 22.3. The van der Waals surface area contributed by atoms with Crippen LogP contribution in [0.25, 0.3) is 11.1 Å². The molecule has 0 aliphatic carbocycles. The zero-order valence-electron chi connectivity index (χ0n) is 14.6. The van der Waals surface area contributed by atoms with Gasteiger partial charge in [0.15, 0.2) is 0 Å². The van der Waals surface area contributed by atoms with Crippen LogP contribution < -0.4 is 9.47 Å². The molecule has 2 aromatic carbocycles. The molecule has 2 rings (SSSR count). The molecule has 2 aromatic rings. The van der Waals surface area contributed by atoms with Crippen molar-refractivity contribution in [3.63, 3.8) is 0 Å². The smallest absolute Gasteiger partial charge is 0.338 e. The maximum atomic E-state index is 14.3. The van der Waals surface area contributed by atoms with Crippen molar-refractivity contribution in [1.29, 1.82) is 0 Å². The molecule has 138 valence electrons. The Morgan fingerprint density at radius 1 is 1.04 bits per heavy atom. The summed E-state index contributed by atoms with van der Waals surface area (Å²) in [6, 6.07) is 10.7. The van der Waals surface area contributed by atoms with Gasteiger partial charge in [0, 0.05) is 23.3 Å². The van der Waals surface area contributed by atoms with E-state index in [1.54, 1.807) is 36.4 Å². The molecular weight excluding hydrogens is 351 g/mol. The van der Waals surface area contributed by atoms with Gasteiger partial charge in [0.25, 0.3) is 0 Å². The third-order valence-corrected chi connectivity index (χ3v) is 3.27. The second-order valence-corrected chi connectivity index (χ2v) is 5.37. The van der Waals surface area contributed by atoms with Crippen molar-refractivity contribution in [2.75, 3.05) is 0 Å². The molecule has 0 aromatic heterocycles. The van der Waals surface area contributed by atoms with Crippen LogP contribution in [-0.4, -0.2) is 11.9 Å². The first-order chi connectivity index (χ1) is 12.9. The van der Waals surface area contributed by atoms with Crippen molar-refractivity contribution in [3.8, 4) is 22.6 Å². The van der Waals surface area contributed by atoms with Gasteiger partial charge in [0.2, 0.25) is 0 Å². The molecule has 0 saturated carbocycles. The van der Waals surface area contributed by atoms with Crippen LogP contribution in [0.4, 0.5) is 4.39 Å². The minimum absolute atomic E-state index is 0.232. The summed E-state index contributed by atoms with van der Waals surface area (Å²) in [5, 5.41) is 0. The summed E-state index contributed by atoms with van der Waals surface area (Å²) < 4.78 is 29.2. The summed E-state index contributed by atoms with van der Waals surface area (Å²) in [6.45, 7) is 8.27. The highest BCUT2D eigenvalue weighted by molar-refractivity contribution is 5.87. The molecule has 0 N–H and O–H groups in total. The van der Waals surface area contributed by atoms with Crippen LogP contribution in [0.3, 0.4) is 0 Å². The van der Waals surface area contributed by atoms with Crippen molar-refractivity contribution in [2.24, 2.45) is 0 Å². The van der Waals surface area contributed by atoms with Crippen LogP contribution in [0, 0.1) is 5.82 Å². The summed E-state index contributed by atoms with van der Waals surface area (Å²) in [5.41, 5.74) is 1.20. The first kappa shape index (κ1) is 19.7. The zero-order valence-corrected chi connectivity index (χ0v) is 14.6. The Labute approximate surface area is 156 Å². The third kappa shape index (κ3) is 5.67. The molecule has 0 fully saturated rings. The number of hydrogen-bond acceptors (Lipinski definition) is 5. The molecule has 0 spiro atoms. The maximum Gasteiger partial charge on any atom is 0.338 e. The Morgan fingerprint density at radius 2 is 1.70 bits per heavy atom. The Balaban J connectivity index is 2.04. The number of benzene rings is 2. The summed E-state index contributed by atoms with van der Waals surface area (Å²) in [5.74, 6) is -1.10. The largest absolute Gasteiger partial charge is 0.462 e. The third-order valence-electron chi connectivity index (χ3n) is 3.27. The Hall–Kier alpha value is -3.67. The van der Waals surface area contributed by atoms with Crippen LogP contribution >= 0.6 is 0 Å². The average Bonchev–Trinajstić information content (AvgIpc) is 2.65. The Kier molecular flexibility index (Phi) is 6.66. The van der Waals surface area contributed by atoms with Crippen molar-refractivity contribution in [2.45, 2.75) is 6.92 Å². The van der Waals surface area contributed by atoms with Gasteiger partial charge in [-0.15, -0.1) is 0 Å². The summed E-state index contributed by atoms with van der Waals surface area (Å²) in [6.07, 6.45) is 3.23. The topological polar surface area (TPSA) is 61.8 Å². The Bertz CT molecular complexity index is 897. The molecule has 0 unspecified atom stereocenters. The fourth-order valence-electron chi connectivity index (χ4n) is 1.96. The molecular formula is C21H17FO5. The minimum Gasteiger partial charge on any atom is -0.462 e. The molecule has 0 heterocycles. The fraction of sp³-hybridized carbons (Fsp3) is 0.0476. The summed E-state index contributed by atoms with van der Waals surface area (Å²) in [7, 11) is 0. The van der Waals surface area contributed by atoms with Crippen LogP contribution in [0.5, 0.6) is 11.5 Å². The van der Waals surface area contributed by atoms with Crippen molar-refractivity contribution >= 4 is 11.9 Å². The standard InChI is InChI=1S/C21H17FO5/c1-4-20(23)27-16-7-5-15(6-8-16)18-10-9-17(13-19(18)22)25-11-12-26-21(24)14(2)3/h4-13H,1-2H2,3H3/b12-11-. The monoisotopic (exact) mass is 368 g/mol. The van der Waals surface area contributed by atoms with E-state index in [9.17, 15) is 14.0 Å². The highest BCUT2D eigenvalue weighted by Gasteiger charge is 2.08. The van der Waals surface area contributed by atoms with Crippen molar-refractivity contribution in [3.05, 3.63) is 85.6 Å². The second kappa shape index (κ2) is 9.15. The summed E-state index contributed by atoms with van der Waals surface area (Å²) >= 11 is 0. The first-order valence-electron chi connectivity index (χ1n) is 7.83. The predicted molar refractivity (Wildman–Crippen MR) is 98.3 cm³/mol. The van der Waals surface area contributed by atoms with E-state index in [1.807, 2.05) is 0 Å². The highest BCUT2D eigenvalue weighted by Crippen LogP contribution is 2.28. The molecule has 0 amide bonds. The van der Waals surface area contributed by atoms with Crippen LogP contribution in [0.15, 0.2) is 79.8 Å². The van der Waals surface area contributed by atoms with Gasteiger partial charge in [0.1, 0.15) is 29.8 Å². The van der Waals surface area contributed by atoms with Crippen molar-refractivity contribution < 1.29 is 28.2 Å². The average molecular weight is 368 g/mol. The number of carbonyl (C=O) groups excluding carboxylic acids is 2. The molecule has 0 radical (unpaired) electrons. The van der Waals surface area contributed by atoms with E-state index < -0.39 is 17.8 Å². The van der Waals surface area contributed by atoms with Gasteiger partial charge in [-0.25, -0.2) is 14.0 Å². The number of esters is 2. The fourth-order valence-corrected chi connectivity index (χ4v) is 1.96. The van der Waals surface area contributed by atoms with Gasteiger partial charge in [-0.3, -0.25) is 0 Å². The Morgan fingerprint density at radius 3 is 2.30 bits per heavy atom. The van der Waals surface area contributed by atoms with E-state index in [0.717, 1.165) is 18.6 Å². The van der Waals surface area contributed by atoms with Gasteiger partial charge in [-0.1, -0.05) is 25.3 Å². The van der Waals surface area contributed by atoms with Crippen molar-refractivity contribution in [1.82, 2.24) is 0 Å². The predicted octanol–water partition coefficient (Wildman–Crippen LogP) is 4.55. The lowest BCUT2D eigenvalue weighted by molar-refractivity contribution is -0.133. The van der Waals surface area contributed by atoms with Gasteiger partial charge in [-0.2, -0.15) is 0 Å². The minimum atomic E-state index is -0.585.